The van der Waals surface area contributed by atoms with E-state index in [-0.39, 0.29) is 36.2 Å². The summed E-state index contributed by atoms with van der Waals surface area (Å²) in [5.41, 5.74) is 2.77. The number of carbonyl (C=O) groups is 1. The predicted octanol–water partition coefficient (Wildman–Crippen LogP) is 1.75. The molecule has 0 spiro atoms. The van der Waals surface area contributed by atoms with Crippen molar-refractivity contribution in [3.63, 3.8) is 0 Å². The Morgan fingerprint density at radius 1 is 1.06 bits per heavy atom. The van der Waals surface area contributed by atoms with Crippen molar-refractivity contribution in [1.82, 2.24) is 25.5 Å². The monoisotopic (exact) mass is 492 g/mol. The van der Waals surface area contributed by atoms with Gasteiger partial charge in [-0.1, -0.05) is 28.9 Å². The topological polar surface area (TPSA) is 113 Å². The van der Waals surface area contributed by atoms with Crippen LogP contribution in [0.4, 0.5) is 5.69 Å². The molecule has 6 rings (SSSR count). The highest BCUT2D eigenvalue weighted by Gasteiger charge is 2.50. The molecule has 1 amide bonds. The zero-order valence-electron chi connectivity index (χ0n) is 19.9. The van der Waals surface area contributed by atoms with Crippen LogP contribution >= 0.6 is 0 Å². The summed E-state index contributed by atoms with van der Waals surface area (Å²) in [6.07, 6.45) is -0.607. The van der Waals surface area contributed by atoms with Gasteiger partial charge in [0, 0.05) is 30.4 Å². The lowest BCUT2D eigenvalue weighted by molar-refractivity contribution is 0.0606. The van der Waals surface area contributed by atoms with Crippen LogP contribution in [0.5, 0.6) is 11.8 Å². The Morgan fingerprint density at radius 2 is 1.86 bits per heavy atom. The fraction of sp³-hybridized carbons (Fsp3) is 0.440. The van der Waals surface area contributed by atoms with Gasteiger partial charge >= 0.3 is 6.01 Å². The summed E-state index contributed by atoms with van der Waals surface area (Å²) < 4.78 is 25.3. The van der Waals surface area contributed by atoms with Gasteiger partial charge in [-0.15, -0.1) is 0 Å². The van der Waals surface area contributed by atoms with Crippen LogP contribution in [0.1, 0.15) is 22.0 Å². The summed E-state index contributed by atoms with van der Waals surface area (Å²) in [6.45, 7) is 5.78. The molecule has 0 aliphatic carbocycles. The zero-order chi connectivity index (χ0) is 24.5. The fourth-order valence-electron chi connectivity index (χ4n) is 4.90. The maximum Gasteiger partial charge on any atom is 0.341 e. The molecule has 3 aliphatic heterocycles. The van der Waals surface area contributed by atoms with Gasteiger partial charge < -0.3 is 29.2 Å². The molecule has 4 heterocycles. The second-order valence-electron chi connectivity index (χ2n) is 9.21. The average Bonchev–Trinajstić information content (AvgIpc) is 3.63. The lowest BCUT2D eigenvalue weighted by Crippen LogP contribution is -2.44. The Balaban J connectivity index is 1.13. The number of amides is 1. The van der Waals surface area contributed by atoms with Crippen LogP contribution in [0.15, 0.2) is 48.5 Å². The molecular formula is C25H28N6O5. The summed E-state index contributed by atoms with van der Waals surface area (Å²) in [7, 11) is 0. The van der Waals surface area contributed by atoms with Gasteiger partial charge in [0.2, 0.25) is 0 Å². The number of benzene rings is 2. The van der Waals surface area contributed by atoms with Gasteiger partial charge in [0.05, 0.1) is 32.5 Å². The van der Waals surface area contributed by atoms with E-state index in [1.165, 1.54) is 0 Å². The Bertz CT molecular complexity index is 1210. The van der Waals surface area contributed by atoms with E-state index < -0.39 is 0 Å². The van der Waals surface area contributed by atoms with Gasteiger partial charge in [-0.2, -0.15) is 4.68 Å². The van der Waals surface area contributed by atoms with Crippen LogP contribution in [0, 0.1) is 6.92 Å². The number of hydrogen-bond donors (Lipinski definition) is 1. The maximum atomic E-state index is 12.7. The van der Waals surface area contributed by atoms with Crippen LogP contribution in [0.25, 0.3) is 0 Å². The first-order chi connectivity index (χ1) is 17.7. The first-order valence-corrected chi connectivity index (χ1v) is 12.1. The summed E-state index contributed by atoms with van der Waals surface area (Å²) in [5, 5.41) is 15.1. The number of rotatable bonds is 6. The van der Waals surface area contributed by atoms with Crippen LogP contribution in [-0.4, -0.2) is 83.9 Å². The molecule has 3 saturated heterocycles. The number of tetrazole rings is 1. The van der Waals surface area contributed by atoms with Crippen molar-refractivity contribution in [3.8, 4) is 11.8 Å². The Kier molecular flexibility index (Phi) is 6.26. The van der Waals surface area contributed by atoms with Crippen molar-refractivity contribution in [1.29, 1.82) is 0 Å². The summed E-state index contributed by atoms with van der Waals surface area (Å²) in [6, 6.07) is 15.0. The van der Waals surface area contributed by atoms with Gasteiger partial charge in [-0.05, 0) is 41.6 Å². The molecule has 3 aromatic rings. The molecule has 1 N–H and O–H groups in total. The molecule has 36 heavy (non-hydrogen) atoms. The van der Waals surface area contributed by atoms with E-state index >= 15 is 0 Å². The van der Waals surface area contributed by atoms with E-state index in [2.05, 4.69) is 25.7 Å². The summed E-state index contributed by atoms with van der Waals surface area (Å²) in [5.74, 6) is 0.490. The van der Waals surface area contributed by atoms with Gasteiger partial charge in [0.25, 0.3) is 5.91 Å². The Labute approximate surface area is 208 Å². The number of nitrogens with one attached hydrogen (secondary N) is 1. The van der Waals surface area contributed by atoms with Crippen LogP contribution in [-0.2, 0) is 14.2 Å². The normalized spacial score (nSPS) is 25.5. The number of fused-ring (bicyclic) bond motifs is 1. The molecule has 3 aliphatic rings. The van der Waals surface area contributed by atoms with Crippen molar-refractivity contribution in [2.45, 2.75) is 31.2 Å². The molecule has 11 heteroatoms. The molecular weight excluding hydrogens is 464 g/mol. The van der Waals surface area contributed by atoms with Crippen LogP contribution < -0.4 is 15.0 Å². The molecule has 0 unspecified atom stereocenters. The third-order valence-electron chi connectivity index (χ3n) is 6.84. The quantitative estimate of drug-likeness (QED) is 0.550. The average molecular weight is 493 g/mol. The van der Waals surface area contributed by atoms with Gasteiger partial charge in [-0.25, -0.2) is 0 Å². The highest BCUT2D eigenvalue weighted by Crippen LogP contribution is 2.36. The first-order valence-electron chi connectivity index (χ1n) is 12.1. The second kappa shape index (κ2) is 9.84. The lowest BCUT2D eigenvalue weighted by Gasteiger charge is -2.29. The highest BCUT2D eigenvalue weighted by atomic mass is 16.6. The lowest BCUT2D eigenvalue weighted by atomic mass is 10.1. The smallest absolute Gasteiger partial charge is 0.341 e. The minimum atomic E-state index is -0.307. The van der Waals surface area contributed by atoms with E-state index in [9.17, 15) is 4.79 Å². The molecule has 11 nitrogen and oxygen atoms in total. The zero-order valence-corrected chi connectivity index (χ0v) is 19.9. The van der Waals surface area contributed by atoms with Crippen molar-refractivity contribution < 1.29 is 23.7 Å². The molecule has 188 valence electrons. The van der Waals surface area contributed by atoms with Gasteiger partial charge in [0.1, 0.15) is 24.0 Å². The highest BCUT2D eigenvalue weighted by molar-refractivity contribution is 5.94. The molecule has 1 aromatic heterocycles. The Morgan fingerprint density at radius 3 is 2.69 bits per heavy atom. The number of carbonyl (C=O) groups excluding carboxylic acids is 1. The Hall–Kier alpha value is -3.54. The van der Waals surface area contributed by atoms with E-state index in [1.54, 1.807) is 4.68 Å². The number of nitrogens with zero attached hydrogens (tertiary/aromatic N) is 5. The summed E-state index contributed by atoms with van der Waals surface area (Å²) in [4.78, 5) is 15.0. The second-order valence-corrected chi connectivity index (χ2v) is 9.21. The van der Waals surface area contributed by atoms with Crippen molar-refractivity contribution >= 4 is 11.6 Å². The SMILES string of the molecule is Cc1ccc(C(=O)N[C@H]2CO[C@H]3[C@@H]2OC[C@@H]3n2nnnc2Oc2cccc(N3CCOCC3)c2)cc1. The number of hydrogen-bond acceptors (Lipinski definition) is 9. The maximum absolute atomic E-state index is 12.7. The van der Waals surface area contributed by atoms with Crippen molar-refractivity contribution in [3.05, 3.63) is 59.7 Å². The third-order valence-corrected chi connectivity index (χ3v) is 6.84. The minimum Gasteiger partial charge on any atom is -0.423 e. The molecule has 4 atom stereocenters. The number of anilines is 1. The number of aromatic nitrogens is 4. The largest absolute Gasteiger partial charge is 0.423 e. The summed E-state index contributed by atoms with van der Waals surface area (Å²) >= 11 is 0. The van der Waals surface area contributed by atoms with Crippen LogP contribution in [0.3, 0.4) is 0 Å². The first kappa shape index (κ1) is 22.9. The molecule has 0 radical (unpaired) electrons. The number of morpholine rings is 1. The van der Waals surface area contributed by atoms with Crippen LogP contribution in [0.2, 0.25) is 0 Å². The predicted molar refractivity (Wildman–Crippen MR) is 128 cm³/mol. The standard InChI is InChI=1S/C25H28N6O5/c1-16-5-7-17(8-6-16)24(32)26-20-14-34-23-21(15-35-22(20)23)31-25(27-28-29-31)36-19-4-2-3-18(13-19)30-9-11-33-12-10-30/h2-8,13,20-23H,9-12,14-15H2,1H3,(H,26,32)/t20-,21-,22+,23+/m0/s1. The molecule has 3 fully saturated rings. The fourth-order valence-corrected chi connectivity index (χ4v) is 4.90. The van der Waals surface area contributed by atoms with Crippen molar-refractivity contribution in [2.24, 2.45) is 0 Å². The van der Waals surface area contributed by atoms with Gasteiger partial charge in [-0.3, -0.25) is 4.79 Å². The van der Waals surface area contributed by atoms with Crippen molar-refractivity contribution in [2.75, 3.05) is 44.4 Å². The van der Waals surface area contributed by atoms with E-state index in [4.69, 9.17) is 18.9 Å². The molecule has 2 aromatic carbocycles. The molecule has 0 saturated carbocycles. The van der Waals surface area contributed by atoms with E-state index in [0.717, 1.165) is 24.3 Å². The van der Waals surface area contributed by atoms with Gasteiger partial charge in [0.15, 0.2) is 0 Å². The van der Waals surface area contributed by atoms with E-state index in [0.29, 0.717) is 37.7 Å². The minimum absolute atomic E-state index is 0.150. The number of ether oxygens (including phenoxy) is 4. The molecule has 0 bridgehead atoms. The number of aryl methyl sites for hydroxylation is 1. The third kappa shape index (κ3) is 4.52. The van der Waals surface area contributed by atoms with E-state index in [1.807, 2.05) is 55.5 Å².